The van der Waals surface area contributed by atoms with Crippen molar-refractivity contribution in [2.24, 2.45) is 9.98 Å². The van der Waals surface area contributed by atoms with E-state index in [-0.39, 0.29) is 11.1 Å². The van der Waals surface area contributed by atoms with Gasteiger partial charge in [-0.05, 0) is 0 Å². The molecule has 0 aromatic heterocycles. The van der Waals surface area contributed by atoms with E-state index < -0.39 is 23.5 Å². The van der Waals surface area contributed by atoms with Crippen molar-refractivity contribution < 1.29 is 0 Å². The van der Waals surface area contributed by atoms with Crippen LogP contribution in [-0.4, -0.2) is 102 Å². The molecule has 0 saturated carbocycles. The second-order valence-electron chi connectivity index (χ2n) is 9.36. The first kappa shape index (κ1) is 30.3. The van der Waals surface area contributed by atoms with E-state index in [4.69, 9.17) is 9.98 Å². The van der Waals surface area contributed by atoms with Gasteiger partial charge in [0.2, 0.25) is 0 Å². The quantitative estimate of drug-likeness (QED) is 0.252. The molecule has 31 heavy (non-hydrogen) atoms. The molecular weight excluding hydrogens is 491 g/mol. The Labute approximate surface area is 205 Å². The number of hydrogen-bond acceptors (Lipinski definition) is 4. The molecule has 1 radical (unpaired) electrons. The van der Waals surface area contributed by atoms with Gasteiger partial charge in [-0.2, -0.15) is 0 Å². The summed E-state index contributed by atoms with van der Waals surface area (Å²) in [6, 6.07) is 0. The predicted molar refractivity (Wildman–Crippen MR) is 137 cm³/mol. The number of hydrogen-bond donors (Lipinski definition) is 2. The van der Waals surface area contributed by atoms with E-state index in [2.05, 4.69) is 110 Å². The van der Waals surface area contributed by atoms with E-state index in [1.165, 1.54) is 0 Å². The molecule has 0 atom stereocenters. The van der Waals surface area contributed by atoms with E-state index in [0.717, 1.165) is 51.2 Å². The van der Waals surface area contributed by atoms with Crippen LogP contribution in [0.15, 0.2) is 9.98 Å². The van der Waals surface area contributed by atoms with E-state index in [0.29, 0.717) is 0 Å². The third-order valence-electron chi connectivity index (χ3n) is 4.79. The topological polar surface area (TPSA) is 61.7 Å². The van der Waals surface area contributed by atoms with Gasteiger partial charge in [-0.3, -0.25) is 0 Å². The Hall–Kier alpha value is -0.670. The summed E-state index contributed by atoms with van der Waals surface area (Å²) in [6.07, 6.45) is 0. The average Bonchev–Trinajstić information content (AvgIpc) is 2.67. The molecule has 0 aromatic carbocycles. The van der Waals surface area contributed by atoms with Gasteiger partial charge in [0.05, 0.1) is 0 Å². The van der Waals surface area contributed by atoms with E-state index in [1.807, 2.05) is 0 Å². The maximum absolute atomic E-state index is 4.90. The van der Waals surface area contributed by atoms with Gasteiger partial charge < -0.3 is 0 Å². The number of nitrogens with zero attached hydrogens (tertiary/aromatic N) is 6. The first-order valence-corrected chi connectivity index (χ1v) is 14.9. The summed E-state index contributed by atoms with van der Waals surface area (Å²) >= 11 is -1.60. The molecule has 0 aliphatic rings. The molecule has 0 unspecified atom stereocenters. The molecule has 0 rings (SSSR count). The standard InChI is InChI=1S/2C11H25N4.In/c2*1-7-12-10(13-11(4,5)6)14-15(8-2)9-3;/h2*7-9H2,1-6H3,(H-,12,13,14);/q2*-1;+2. The van der Waals surface area contributed by atoms with Gasteiger partial charge in [0.1, 0.15) is 0 Å². The van der Waals surface area contributed by atoms with Gasteiger partial charge in [0.15, 0.2) is 0 Å². The van der Waals surface area contributed by atoms with E-state index in [1.54, 1.807) is 0 Å². The molecule has 0 aromatic rings. The first-order valence-electron chi connectivity index (χ1n) is 11.9. The van der Waals surface area contributed by atoms with E-state index in [9.17, 15) is 0 Å². The van der Waals surface area contributed by atoms with Crippen LogP contribution in [0.25, 0.3) is 0 Å². The van der Waals surface area contributed by atoms with Crippen molar-refractivity contribution in [2.45, 2.75) is 94.2 Å². The Morgan fingerprint density at radius 2 is 0.903 bits per heavy atom. The van der Waals surface area contributed by atoms with Crippen LogP contribution < -0.4 is 10.9 Å². The zero-order valence-corrected chi connectivity index (χ0v) is 25.8. The summed E-state index contributed by atoms with van der Waals surface area (Å²) in [5.74, 6) is 1.96. The fourth-order valence-corrected chi connectivity index (χ4v) is 6.94. The summed E-state index contributed by atoms with van der Waals surface area (Å²) in [6.45, 7) is 31.8. The molecule has 0 amide bonds. The van der Waals surface area contributed by atoms with Crippen molar-refractivity contribution in [2.75, 3.05) is 39.3 Å². The molecule has 0 aliphatic carbocycles. The molecule has 0 spiro atoms. The predicted octanol–water partition coefficient (Wildman–Crippen LogP) is 3.17. The van der Waals surface area contributed by atoms with Crippen LogP contribution in [0.2, 0.25) is 0 Å². The molecule has 8 nitrogen and oxygen atoms in total. The number of aliphatic imine (C=N–C) groups is 2. The third kappa shape index (κ3) is 10.7. The molecule has 0 saturated heterocycles. The van der Waals surface area contributed by atoms with Crippen LogP contribution in [0.3, 0.4) is 0 Å². The summed E-state index contributed by atoms with van der Waals surface area (Å²) in [4.78, 5) is 9.80. The minimum absolute atomic E-state index is 0.0503. The molecule has 2 N–H and O–H groups in total. The Morgan fingerprint density at radius 1 is 0.613 bits per heavy atom. The number of hydrazine groups is 2. The van der Waals surface area contributed by atoms with Crippen molar-refractivity contribution >= 4 is 35.4 Å². The Morgan fingerprint density at radius 3 is 1.10 bits per heavy atom. The summed E-state index contributed by atoms with van der Waals surface area (Å²) < 4.78 is 5.06. The monoisotopic (exact) mass is 541 g/mol. The van der Waals surface area contributed by atoms with Crippen LogP contribution in [0.5, 0.6) is 0 Å². The molecule has 0 bridgehead atoms. The van der Waals surface area contributed by atoms with Crippen LogP contribution in [-0.2, 0) is 0 Å². The SMILES string of the molecule is CCN=C(NN(CC)CC)[N]([In][N](C(=NCC)NN(CC)CC)C(C)(C)C)C(C)(C)C. The Bertz CT molecular complexity index is 495. The number of rotatable bonds is 10. The second-order valence-corrected chi connectivity index (χ2v) is 13.0. The number of guanidine groups is 2. The van der Waals surface area contributed by atoms with Gasteiger partial charge in [0.25, 0.3) is 0 Å². The zero-order valence-electron chi connectivity index (χ0n) is 22.5. The zero-order chi connectivity index (χ0) is 24.2. The van der Waals surface area contributed by atoms with Crippen molar-refractivity contribution in [3.63, 3.8) is 0 Å². The van der Waals surface area contributed by atoms with Crippen LogP contribution in [0.4, 0.5) is 0 Å². The van der Waals surface area contributed by atoms with Crippen molar-refractivity contribution in [1.82, 2.24) is 26.6 Å². The van der Waals surface area contributed by atoms with E-state index >= 15 is 0 Å². The normalized spacial score (nSPS) is 13.6. The molecule has 0 heterocycles. The fourth-order valence-electron chi connectivity index (χ4n) is 2.88. The Balaban J connectivity index is 6.25. The van der Waals surface area contributed by atoms with Crippen molar-refractivity contribution in [3.8, 4) is 0 Å². The average molecular weight is 542 g/mol. The van der Waals surface area contributed by atoms with Crippen LogP contribution in [0.1, 0.15) is 83.1 Å². The summed E-state index contributed by atoms with van der Waals surface area (Å²) in [5.41, 5.74) is 7.12. The van der Waals surface area contributed by atoms with Gasteiger partial charge in [0, 0.05) is 0 Å². The van der Waals surface area contributed by atoms with Gasteiger partial charge in [-0.15, -0.1) is 0 Å². The Kier molecular flexibility index (Phi) is 14.2. The van der Waals surface area contributed by atoms with Crippen molar-refractivity contribution in [1.29, 1.82) is 0 Å². The minimum atomic E-state index is -1.60. The maximum atomic E-state index is 4.90. The van der Waals surface area contributed by atoms with Crippen molar-refractivity contribution in [3.05, 3.63) is 0 Å². The first-order chi connectivity index (χ1) is 14.4. The molecular formula is C22H50InN8. The molecule has 0 fully saturated rings. The number of nitrogens with one attached hydrogen (secondary N) is 2. The fraction of sp³-hybridized carbons (Fsp3) is 0.909. The second kappa shape index (κ2) is 14.5. The molecule has 181 valence electrons. The molecule has 9 heteroatoms. The van der Waals surface area contributed by atoms with Gasteiger partial charge in [-0.25, -0.2) is 0 Å². The molecule has 0 aliphatic heterocycles. The summed E-state index contributed by atoms with van der Waals surface area (Å²) in [7, 11) is 0. The van der Waals surface area contributed by atoms with Crippen LogP contribution in [0, 0.1) is 0 Å². The van der Waals surface area contributed by atoms with Gasteiger partial charge >= 0.3 is 205 Å². The third-order valence-corrected chi connectivity index (χ3v) is 11.9. The summed E-state index contributed by atoms with van der Waals surface area (Å²) in [5, 5.41) is 4.43. The van der Waals surface area contributed by atoms with Crippen LogP contribution >= 0.6 is 0 Å². The van der Waals surface area contributed by atoms with Gasteiger partial charge in [-0.1, -0.05) is 0 Å².